The summed E-state index contributed by atoms with van der Waals surface area (Å²) >= 11 is 1.17. The van der Waals surface area contributed by atoms with Crippen LogP contribution >= 0.6 is 11.8 Å². The quantitative estimate of drug-likeness (QED) is 0.291. The van der Waals surface area contributed by atoms with Crippen LogP contribution in [0.2, 0.25) is 0 Å². The molecular formula is C21H25FN6O4S. The van der Waals surface area contributed by atoms with Crippen molar-refractivity contribution in [2.45, 2.75) is 30.7 Å². The van der Waals surface area contributed by atoms with Gasteiger partial charge in [0.05, 0.1) is 16.4 Å². The molecule has 4 rings (SSSR count). The number of thioether (sulfide) groups is 1. The Labute approximate surface area is 193 Å². The number of fused-ring (bicyclic) bond motifs is 1. The van der Waals surface area contributed by atoms with E-state index in [-0.39, 0.29) is 17.1 Å². The summed E-state index contributed by atoms with van der Waals surface area (Å²) in [4.78, 5) is 42.0. The molecule has 1 saturated heterocycles. The lowest BCUT2D eigenvalue weighted by atomic mass is 9.97. The van der Waals surface area contributed by atoms with E-state index >= 15 is 0 Å². The Morgan fingerprint density at radius 2 is 1.97 bits per heavy atom. The number of carbonyl (C=O) groups is 1. The Morgan fingerprint density at radius 1 is 1.24 bits per heavy atom. The SMILES string of the molecule is CN1CCN(n2c3c(c(SCC(=O)Nc4ccc(F)c([N+](=O)[O-])c4)nc2=O)CCCC3)CC1. The van der Waals surface area contributed by atoms with E-state index in [0.717, 1.165) is 75.3 Å². The van der Waals surface area contributed by atoms with Gasteiger partial charge in [0.1, 0.15) is 5.03 Å². The number of nitrogens with zero attached hydrogens (tertiary/aromatic N) is 5. The first-order chi connectivity index (χ1) is 15.8. The number of aromatic nitrogens is 2. The summed E-state index contributed by atoms with van der Waals surface area (Å²) < 4.78 is 15.2. The maximum atomic E-state index is 13.5. The molecule has 1 aliphatic carbocycles. The lowest BCUT2D eigenvalue weighted by molar-refractivity contribution is -0.387. The molecule has 0 saturated carbocycles. The third kappa shape index (κ3) is 5.17. The molecule has 176 valence electrons. The predicted octanol–water partition coefficient (Wildman–Crippen LogP) is 1.78. The number of nitro benzene ring substituents is 1. The number of anilines is 1. The number of benzene rings is 1. The van der Waals surface area contributed by atoms with Crippen molar-refractivity contribution in [2.24, 2.45) is 0 Å². The van der Waals surface area contributed by atoms with E-state index in [1.54, 1.807) is 4.68 Å². The fraction of sp³-hybridized carbons (Fsp3) is 0.476. The minimum absolute atomic E-state index is 0.0252. The van der Waals surface area contributed by atoms with Gasteiger partial charge >= 0.3 is 11.4 Å². The molecule has 0 radical (unpaired) electrons. The van der Waals surface area contributed by atoms with Crippen LogP contribution in [0.5, 0.6) is 0 Å². The van der Waals surface area contributed by atoms with Gasteiger partial charge in [-0.15, -0.1) is 0 Å². The van der Waals surface area contributed by atoms with E-state index in [2.05, 4.69) is 27.3 Å². The Bertz CT molecular complexity index is 1130. The average molecular weight is 477 g/mol. The van der Waals surface area contributed by atoms with Gasteiger partial charge in [0.2, 0.25) is 11.7 Å². The molecule has 0 spiro atoms. The standard InChI is InChI=1S/C21H25FN6O4S/c1-25-8-10-26(11-9-25)27-17-5-3-2-4-15(17)20(24-21(27)30)33-13-19(29)23-14-6-7-16(22)18(12-14)28(31)32/h6-7,12H,2-5,8-11,13H2,1H3,(H,23,29). The highest BCUT2D eigenvalue weighted by Crippen LogP contribution is 2.29. The Hall–Kier alpha value is -2.99. The van der Waals surface area contributed by atoms with E-state index in [1.165, 1.54) is 17.8 Å². The Kier molecular flexibility index (Phi) is 6.94. The van der Waals surface area contributed by atoms with Crippen LogP contribution in [0.4, 0.5) is 15.8 Å². The fourth-order valence-electron chi connectivity index (χ4n) is 4.14. The molecule has 2 aromatic rings. The number of amides is 1. The summed E-state index contributed by atoms with van der Waals surface area (Å²) in [6.07, 6.45) is 3.58. The first-order valence-electron chi connectivity index (χ1n) is 10.8. The second kappa shape index (κ2) is 9.87. The minimum Gasteiger partial charge on any atom is -0.325 e. The number of nitro groups is 1. The van der Waals surface area contributed by atoms with Crippen molar-refractivity contribution in [3.8, 4) is 0 Å². The zero-order valence-corrected chi connectivity index (χ0v) is 19.1. The molecule has 1 aromatic carbocycles. The van der Waals surface area contributed by atoms with Gasteiger partial charge < -0.3 is 15.2 Å². The number of rotatable bonds is 6. The second-order valence-electron chi connectivity index (χ2n) is 8.16. The number of nitrogens with one attached hydrogen (secondary N) is 1. The zero-order chi connectivity index (χ0) is 23.5. The van der Waals surface area contributed by atoms with Crippen molar-refractivity contribution in [1.29, 1.82) is 0 Å². The van der Waals surface area contributed by atoms with Crippen molar-refractivity contribution < 1.29 is 14.1 Å². The van der Waals surface area contributed by atoms with Crippen molar-refractivity contribution in [3.63, 3.8) is 0 Å². The lowest BCUT2D eigenvalue weighted by Gasteiger charge is -2.37. The largest absolute Gasteiger partial charge is 0.367 e. The summed E-state index contributed by atoms with van der Waals surface area (Å²) in [5.74, 6) is -1.41. The molecule has 1 fully saturated rings. The second-order valence-corrected chi connectivity index (χ2v) is 9.12. The summed E-state index contributed by atoms with van der Waals surface area (Å²) in [5.41, 5.74) is 1.08. The monoisotopic (exact) mass is 476 g/mol. The van der Waals surface area contributed by atoms with Crippen LogP contribution in [-0.4, -0.2) is 64.4 Å². The van der Waals surface area contributed by atoms with Crippen LogP contribution in [0.25, 0.3) is 0 Å². The molecule has 1 N–H and O–H groups in total. The van der Waals surface area contributed by atoms with Crippen molar-refractivity contribution in [2.75, 3.05) is 49.3 Å². The summed E-state index contributed by atoms with van der Waals surface area (Å²) in [6, 6.07) is 3.19. The van der Waals surface area contributed by atoms with Crippen LogP contribution in [-0.2, 0) is 17.6 Å². The van der Waals surface area contributed by atoms with Crippen molar-refractivity contribution in [3.05, 3.63) is 55.9 Å². The van der Waals surface area contributed by atoms with E-state index in [1.807, 2.05) is 0 Å². The van der Waals surface area contributed by atoms with E-state index in [9.17, 15) is 24.1 Å². The molecule has 33 heavy (non-hydrogen) atoms. The molecular weight excluding hydrogens is 451 g/mol. The first kappa shape index (κ1) is 23.2. The number of hydrogen-bond acceptors (Lipinski definition) is 8. The van der Waals surface area contributed by atoms with Crippen molar-refractivity contribution in [1.82, 2.24) is 14.6 Å². The van der Waals surface area contributed by atoms with Crippen LogP contribution < -0.4 is 16.0 Å². The van der Waals surface area contributed by atoms with E-state index in [4.69, 9.17) is 0 Å². The van der Waals surface area contributed by atoms with Gasteiger partial charge in [0.25, 0.3) is 0 Å². The summed E-state index contributed by atoms with van der Waals surface area (Å²) in [7, 11) is 2.06. The molecule has 2 heterocycles. The predicted molar refractivity (Wildman–Crippen MR) is 123 cm³/mol. The lowest BCUT2D eigenvalue weighted by Crippen LogP contribution is -2.54. The maximum Gasteiger partial charge on any atom is 0.367 e. The van der Waals surface area contributed by atoms with Gasteiger partial charge in [0, 0.05) is 43.5 Å². The number of piperazine rings is 1. The van der Waals surface area contributed by atoms with Crippen LogP contribution in [0.1, 0.15) is 24.1 Å². The molecule has 0 bridgehead atoms. The highest BCUT2D eigenvalue weighted by molar-refractivity contribution is 8.00. The van der Waals surface area contributed by atoms with E-state index in [0.29, 0.717) is 5.03 Å². The molecule has 10 nitrogen and oxygen atoms in total. The molecule has 2 aliphatic rings. The summed E-state index contributed by atoms with van der Waals surface area (Å²) in [6.45, 7) is 3.26. The molecule has 1 aliphatic heterocycles. The number of halogens is 1. The normalized spacial score (nSPS) is 16.4. The van der Waals surface area contributed by atoms with Gasteiger partial charge in [-0.25, -0.2) is 9.47 Å². The third-order valence-corrected chi connectivity index (χ3v) is 6.88. The number of carbonyl (C=O) groups excluding carboxylic acids is 1. The van der Waals surface area contributed by atoms with E-state index < -0.39 is 22.3 Å². The average Bonchev–Trinajstić information content (AvgIpc) is 2.79. The Balaban J connectivity index is 1.50. The highest BCUT2D eigenvalue weighted by Gasteiger charge is 2.25. The number of hydrogen-bond donors (Lipinski definition) is 1. The molecule has 12 heteroatoms. The molecule has 0 atom stereocenters. The van der Waals surface area contributed by atoms with Gasteiger partial charge in [-0.3, -0.25) is 14.9 Å². The Morgan fingerprint density at radius 3 is 2.70 bits per heavy atom. The summed E-state index contributed by atoms with van der Waals surface area (Å²) in [5, 5.41) is 16.1. The molecule has 1 amide bonds. The smallest absolute Gasteiger partial charge is 0.325 e. The maximum absolute atomic E-state index is 13.5. The third-order valence-electron chi connectivity index (χ3n) is 5.86. The van der Waals surface area contributed by atoms with Gasteiger partial charge in [-0.05, 0) is 44.9 Å². The zero-order valence-electron chi connectivity index (χ0n) is 18.3. The highest BCUT2D eigenvalue weighted by atomic mass is 32.2. The van der Waals surface area contributed by atoms with Gasteiger partial charge in [-0.1, -0.05) is 11.8 Å². The van der Waals surface area contributed by atoms with Crippen LogP contribution in [0.3, 0.4) is 0 Å². The molecule has 1 aromatic heterocycles. The van der Waals surface area contributed by atoms with Crippen LogP contribution in [0, 0.1) is 15.9 Å². The number of likely N-dealkylation sites (N-methyl/N-ethyl adjacent to an activating group) is 1. The topological polar surface area (TPSA) is 114 Å². The fourth-order valence-corrected chi connectivity index (χ4v) is 5.02. The first-order valence-corrected chi connectivity index (χ1v) is 11.8. The van der Waals surface area contributed by atoms with Gasteiger partial charge in [0.15, 0.2) is 0 Å². The molecule has 0 unspecified atom stereocenters. The van der Waals surface area contributed by atoms with Gasteiger partial charge in [-0.2, -0.15) is 9.37 Å². The minimum atomic E-state index is -0.968. The van der Waals surface area contributed by atoms with Crippen LogP contribution in [0.15, 0.2) is 28.0 Å². The van der Waals surface area contributed by atoms with Crippen molar-refractivity contribution >= 4 is 29.0 Å².